The molecule has 0 saturated heterocycles. The molecule has 2 aliphatic carbocycles. The Kier molecular flexibility index (Phi) is 5.95. The molecule has 2 aromatic heterocycles. The molecule has 4 aromatic rings. The van der Waals surface area contributed by atoms with Crippen LogP contribution in [0, 0.1) is 5.82 Å². The number of aromatic nitrogens is 3. The molecule has 2 saturated carbocycles. The third kappa shape index (κ3) is 4.12. The maximum atomic E-state index is 14.3. The molecule has 0 spiro atoms. The number of benzene rings is 2. The van der Waals surface area contributed by atoms with E-state index in [0.29, 0.717) is 31.4 Å². The van der Waals surface area contributed by atoms with Gasteiger partial charge in [0.1, 0.15) is 5.82 Å². The van der Waals surface area contributed by atoms with Crippen molar-refractivity contribution in [2.45, 2.75) is 56.3 Å². The summed E-state index contributed by atoms with van der Waals surface area (Å²) in [5, 5.41) is 0.0465. The minimum Gasteiger partial charge on any atom is -0.324 e. The van der Waals surface area contributed by atoms with Gasteiger partial charge in [0.2, 0.25) is 6.41 Å². The smallest absolute Gasteiger partial charge is 0.324 e. The zero-order valence-electron chi connectivity index (χ0n) is 20.8. The molecule has 0 unspecified atom stereocenters. The van der Waals surface area contributed by atoms with Crippen LogP contribution in [0.4, 0.5) is 4.39 Å². The van der Waals surface area contributed by atoms with E-state index >= 15 is 0 Å². The first-order chi connectivity index (χ1) is 18.4. The van der Waals surface area contributed by atoms with Crippen molar-refractivity contribution in [3.8, 4) is 16.8 Å². The summed E-state index contributed by atoms with van der Waals surface area (Å²) in [6.07, 6.45) is 5.69. The Balaban J connectivity index is 1.44. The van der Waals surface area contributed by atoms with E-state index in [2.05, 4.69) is 4.98 Å². The molecule has 0 aliphatic heterocycles. The van der Waals surface area contributed by atoms with Gasteiger partial charge in [-0.3, -0.25) is 14.2 Å². The van der Waals surface area contributed by atoms with E-state index in [4.69, 9.17) is 5.73 Å². The summed E-state index contributed by atoms with van der Waals surface area (Å²) in [5.41, 5.74) is 7.17. The van der Waals surface area contributed by atoms with Gasteiger partial charge in [0.15, 0.2) is 5.65 Å². The zero-order valence-corrected chi connectivity index (χ0v) is 20.8. The molecule has 2 N–H and O–H groups in total. The predicted octanol–water partition coefficient (Wildman–Crippen LogP) is 3.74. The van der Waals surface area contributed by atoms with Crippen LogP contribution in [-0.4, -0.2) is 37.1 Å². The highest BCUT2D eigenvalue weighted by atomic mass is 19.1. The summed E-state index contributed by atoms with van der Waals surface area (Å²) in [6, 6.07) is 17.9. The van der Waals surface area contributed by atoms with Crippen LogP contribution in [0.1, 0.15) is 44.6 Å². The first-order valence-electron chi connectivity index (χ1n) is 12.9. The lowest BCUT2D eigenvalue weighted by Gasteiger charge is -2.38. The van der Waals surface area contributed by atoms with Crippen LogP contribution >= 0.6 is 0 Å². The van der Waals surface area contributed by atoms with Gasteiger partial charge in [-0.2, -0.15) is 0 Å². The first kappa shape index (κ1) is 24.2. The maximum absolute atomic E-state index is 14.3. The first-order valence-corrected chi connectivity index (χ1v) is 12.9. The van der Waals surface area contributed by atoms with Gasteiger partial charge in [0.05, 0.1) is 22.9 Å². The molecular formula is C29H28FN5O3. The number of nitrogens with two attached hydrogens (primary N) is 1. The highest BCUT2D eigenvalue weighted by Gasteiger charge is 2.47. The van der Waals surface area contributed by atoms with Crippen molar-refractivity contribution in [3.05, 3.63) is 93.5 Å². The molecule has 2 aliphatic rings. The van der Waals surface area contributed by atoms with Crippen molar-refractivity contribution in [1.29, 1.82) is 0 Å². The van der Waals surface area contributed by atoms with Crippen molar-refractivity contribution in [1.82, 2.24) is 19.0 Å². The van der Waals surface area contributed by atoms with Gasteiger partial charge in [0, 0.05) is 12.1 Å². The average molecular weight is 514 g/mol. The Morgan fingerprint density at radius 2 is 1.68 bits per heavy atom. The number of hydrogen-bond donors (Lipinski definition) is 1. The zero-order chi connectivity index (χ0) is 26.4. The van der Waals surface area contributed by atoms with Crippen LogP contribution in [0.3, 0.4) is 0 Å². The fourth-order valence-corrected chi connectivity index (χ4v) is 5.73. The molecule has 38 heavy (non-hydrogen) atoms. The number of fused-ring (bicyclic) bond motifs is 1. The van der Waals surface area contributed by atoms with Gasteiger partial charge in [0.25, 0.3) is 5.56 Å². The molecule has 2 fully saturated rings. The van der Waals surface area contributed by atoms with Gasteiger partial charge in [-0.05, 0) is 67.9 Å². The third-order valence-electron chi connectivity index (χ3n) is 7.92. The van der Waals surface area contributed by atoms with Crippen LogP contribution < -0.4 is 17.0 Å². The monoisotopic (exact) mass is 513 g/mol. The molecule has 8 nitrogen and oxygen atoms in total. The van der Waals surface area contributed by atoms with Crippen LogP contribution in [0.15, 0.2) is 76.4 Å². The van der Waals surface area contributed by atoms with Crippen molar-refractivity contribution in [3.63, 3.8) is 0 Å². The molecule has 0 atom stereocenters. The fraction of sp³-hybridized carbons (Fsp3) is 0.310. The highest BCUT2D eigenvalue weighted by molar-refractivity contribution is 5.76. The van der Waals surface area contributed by atoms with E-state index in [0.717, 1.165) is 42.6 Å². The van der Waals surface area contributed by atoms with E-state index < -0.39 is 22.7 Å². The normalized spacial score (nSPS) is 20.3. The summed E-state index contributed by atoms with van der Waals surface area (Å²) in [7, 11) is 0. The summed E-state index contributed by atoms with van der Waals surface area (Å²) >= 11 is 0. The van der Waals surface area contributed by atoms with Crippen LogP contribution in [0.25, 0.3) is 27.8 Å². The van der Waals surface area contributed by atoms with Gasteiger partial charge < -0.3 is 10.6 Å². The second-order valence-corrected chi connectivity index (χ2v) is 10.3. The molecule has 2 heterocycles. The highest BCUT2D eigenvalue weighted by Crippen LogP contribution is 2.40. The average Bonchev–Trinajstić information content (AvgIpc) is 3.68. The second-order valence-electron chi connectivity index (χ2n) is 10.3. The number of amides is 1. The molecule has 9 heteroatoms. The Labute approximate surface area is 218 Å². The lowest BCUT2D eigenvalue weighted by atomic mass is 9.89. The fourth-order valence-electron chi connectivity index (χ4n) is 5.73. The summed E-state index contributed by atoms with van der Waals surface area (Å²) in [4.78, 5) is 45.2. The largest absolute Gasteiger partial charge is 0.337 e. The van der Waals surface area contributed by atoms with Crippen LogP contribution in [0.2, 0.25) is 0 Å². The lowest BCUT2D eigenvalue weighted by molar-refractivity contribution is -0.124. The van der Waals surface area contributed by atoms with E-state index in [1.807, 2.05) is 48.5 Å². The standard InChI is InChI=1S/C29H28FN5O3/c30-21-16-25-26(32-17-21)34(24-8-4-7-20(15-24)19-5-2-1-3-6-19)28(38)35(27(25)37)23-11-9-22(10-12-23)33(18-36)29(31)13-14-29/h1-8,15-18,22-23H,9-14,31H2. The van der Waals surface area contributed by atoms with Gasteiger partial charge in [-0.15, -0.1) is 0 Å². The molecule has 0 radical (unpaired) electrons. The van der Waals surface area contributed by atoms with Gasteiger partial charge in [-0.1, -0.05) is 42.5 Å². The third-order valence-corrected chi connectivity index (χ3v) is 7.92. The van der Waals surface area contributed by atoms with Crippen LogP contribution in [0.5, 0.6) is 0 Å². The van der Waals surface area contributed by atoms with Gasteiger partial charge >= 0.3 is 5.69 Å². The minimum absolute atomic E-state index is 0.0312. The Bertz CT molecular complexity index is 1640. The van der Waals surface area contributed by atoms with E-state index in [1.54, 1.807) is 11.0 Å². The molecule has 1 amide bonds. The van der Waals surface area contributed by atoms with E-state index in [9.17, 15) is 18.8 Å². The van der Waals surface area contributed by atoms with E-state index in [1.165, 1.54) is 9.13 Å². The number of halogens is 1. The second kappa shape index (κ2) is 9.33. The number of hydrogen-bond acceptors (Lipinski definition) is 5. The summed E-state index contributed by atoms with van der Waals surface area (Å²) in [6.45, 7) is 0. The van der Waals surface area contributed by atoms with Crippen molar-refractivity contribution in [2.75, 3.05) is 0 Å². The van der Waals surface area contributed by atoms with E-state index in [-0.39, 0.29) is 23.1 Å². The quantitative estimate of drug-likeness (QED) is 0.313. The summed E-state index contributed by atoms with van der Waals surface area (Å²) in [5.74, 6) is -0.646. The number of nitrogens with zero attached hydrogens (tertiary/aromatic N) is 4. The number of pyridine rings is 1. The number of carbonyl (C=O) groups is 1. The number of rotatable bonds is 6. The minimum atomic E-state index is -0.646. The van der Waals surface area contributed by atoms with Crippen molar-refractivity contribution < 1.29 is 9.18 Å². The molecule has 0 bridgehead atoms. The topological polar surface area (TPSA) is 103 Å². The van der Waals surface area contributed by atoms with Crippen molar-refractivity contribution in [2.24, 2.45) is 5.73 Å². The predicted molar refractivity (Wildman–Crippen MR) is 142 cm³/mol. The lowest BCUT2D eigenvalue weighted by Crippen LogP contribution is -2.51. The molecule has 194 valence electrons. The van der Waals surface area contributed by atoms with Crippen molar-refractivity contribution >= 4 is 17.4 Å². The van der Waals surface area contributed by atoms with Crippen LogP contribution in [-0.2, 0) is 4.79 Å². The molecular weight excluding hydrogens is 485 g/mol. The van der Waals surface area contributed by atoms with Gasteiger partial charge in [-0.25, -0.2) is 18.7 Å². The summed E-state index contributed by atoms with van der Waals surface area (Å²) < 4.78 is 16.9. The Hall–Kier alpha value is -4.11. The SMILES string of the molecule is NC1(N(C=O)C2CCC(n3c(=O)c4cc(F)cnc4n(-c4cccc(-c5ccccc5)c4)c3=O)CC2)CC1. The molecule has 2 aromatic carbocycles. The Morgan fingerprint density at radius 3 is 2.37 bits per heavy atom. The maximum Gasteiger partial charge on any atom is 0.337 e. The number of carbonyl (C=O) groups excluding carboxylic acids is 1. The molecule has 6 rings (SSSR count). The Morgan fingerprint density at radius 1 is 0.974 bits per heavy atom.